The number of nitrogens with zero attached hydrogens (tertiary/aromatic N) is 1. The van der Waals surface area contributed by atoms with E-state index in [0.29, 0.717) is 5.56 Å². The number of benzene rings is 1. The summed E-state index contributed by atoms with van der Waals surface area (Å²) in [4.78, 5) is 15.9. The normalized spacial score (nSPS) is 11.9. The SMILES string of the molecule is CCc1ccc([C@H](C)NC(=O)c2ccncc2)cc1. The first-order valence-electron chi connectivity index (χ1n) is 6.50. The number of carbonyl (C=O) groups excluding carboxylic acids is 1. The minimum atomic E-state index is -0.0746. The second-order valence-electron chi connectivity index (χ2n) is 4.53. The molecule has 0 bridgehead atoms. The lowest BCUT2D eigenvalue weighted by Gasteiger charge is -2.14. The van der Waals surface area contributed by atoms with Crippen molar-refractivity contribution < 1.29 is 4.79 Å². The van der Waals surface area contributed by atoms with Crippen LogP contribution in [0.5, 0.6) is 0 Å². The number of hydrogen-bond donors (Lipinski definition) is 1. The smallest absolute Gasteiger partial charge is 0.251 e. The molecule has 98 valence electrons. The van der Waals surface area contributed by atoms with Crippen molar-refractivity contribution in [3.63, 3.8) is 0 Å². The quantitative estimate of drug-likeness (QED) is 0.910. The summed E-state index contributed by atoms with van der Waals surface area (Å²) >= 11 is 0. The van der Waals surface area contributed by atoms with E-state index in [1.165, 1.54) is 5.56 Å². The molecule has 2 aromatic rings. The minimum absolute atomic E-state index is 0.00780. The van der Waals surface area contributed by atoms with Gasteiger partial charge in [-0.3, -0.25) is 9.78 Å². The molecule has 0 radical (unpaired) electrons. The van der Waals surface area contributed by atoms with Gasteiger partial charge in [0.05, 0.1) is 6.04 Å². The molecule has 1 atom stereocenters. The highest BCUT2D eigenvalue weighted by molar-refractivity contribution is 5.94. The maximum absolute atomic E-state index is 12.0. The van der Waals surface area contributed by atoms with Gasteiger partial charge in [0.1, 0.15) is 0 Å². The van der Waals surface area contributed by atoms with Gasteiger partial charge in [0, 0.05) is 18.0 Å². The largest absolute Gasteiger partial charge is 0.346 e. The van der Waals surface area contributed by atoms with Gasteiger partial charge in [-0.2, -0.15) is 0 Å². The average molecular weight is 254 g/mol. The Morgan fingerprint density at radius 2 is 1.79 bits per heavy atom. The van der Waals surface area contributed by atoms with Gasteiger partial charge in [-0.25, -0.2) is 0 Å². The number of hydrogen-bond acceptors (Lipinski definition) is 2. The molecule has 0 saturated heterocycles. The van der Waals surface area contributed by atoms with Crippen LogP contribution < -0.4 is 5.32 Å². The van der Waals surface area contributed by atoms with Crippen molar-refractivity contribution in [2.45, 2.75) is 26.3 Å². The van der Waals surface area contributed by atoms with Gasteiger partial charge in [0.2, 0.25) is 0 Å². The van der Waals surface area contributed by atoms with Crippen LogP contribution in [-0.4, -0.2) is 10.9 Å². The fourth-order valence-corrected chi connectivity index (χ4v) is 1.91. The van der Waals surface area contributed by atoms with E-state index in [9.17, 15) is 4.79 Å². The summed E-state index contributed by atoms with van der Waals surface area (Å²) in [6, 6.07) is 11.7. The lowest BCUT2D eigenvalue weighted by molar-refractivity contribution is 0.0940. The monoisotopic (exact) mass is 254 g/mol. The highest BCUT2D eigenvalue weighted by Crippen LogP contribution is 2.14. The molecule has 2 rings (SSSR count). The predicted molar refractivity (Wildman–Crippen MR) is 75.9 cm³/mol. The van der Waals surface area contributed by atoms with Crippen molar-refractivity contribution in [3.05, 3.63) is 65.5 Å². The Hall–Kier alpha value is -2.16. The van der Waals surface area contributed by atoms with Gasteiger partial charge in [0.25, 0.3) is 5.91 Å². The highest BCUT2D eigenvalue weighted by Gasteiger charge is 2.10. The summed E-state index contributed by atoms with van der Waals surface area (Å²) < 4.78 is 0. The van der Waals surface area contributed by atoms with E-state index in [2.05, 4.69) is 41.5 Å². The fraction of sp³-hybridized carbons (Fsp3) is 0.250. The van der Waals surface area contributed by atoms with Gasteiger partial charge in [0.15, 0.2) is 0 Å². The zero-order chi connectivity index (χ0) is 13.7. The number of amides is 1. The van der Waals surface area contributed by atoms with Gasteiger partial charge < -0.3 is 5.32 Å². The molecule has 3 heteroatoms. The zero-order valence-corrected chi connectivity index (χ0v) is 11.3. The molecular weight excluding hydrogens is 236 g/mol. The Balaban J connectivity index is 2.04. The van der Waals surface area contributed by atoms with Crippen molar-refractivity contribution in [2.24, 2.45) is 0 Å². The maximum Gasteiger partial charge on any atom is 0.251 e. The van der Waals surface area contributed by atoms with Crippen LogP contribution in [0.3, 0.4) is 0 Å². The molecule has 1 N–H and O–H groups in total. The first-order valence-corrected chi connectivity index (χ1v) is 6.50. The zero-order valence-electron chi connectivity index (χ0n) is 11.3. The number of aromatic nitrogens is 1. The molecule has 0 spiro atoms. The molecule has 0 aliphatic carbocycles. The Kier molecular flexibility index (Phi) is 4.29. The van der Waals surface area contributed by atoms with E-state index < -0.39 is 0 Å². The van der Waals surface area contributed by atoms with Crippen LogP contribution in [-0.2, 0) is 6.42 Å². The van der Waals surface area contributed by atoms with Crippen LogP contribution in [0, 0.1) is 0 Å². The van der Waals surface area contributed by atoms with Crippen LogP contribution in [0.2, 0.25) is 0 Å². The number of pyridine rings is 1. The summed E-state index contributed by atoms with van der Waals surface area (Å²) in [5, 5.41) is 2.98. The molecule has 0 aliphatic heterocycles. The molecule has 1 heterocycles. The van der Waals surface area contributed by atoms with Crippen molar-refractivity contribution in [1.82, 2.24) is 10.3 Å². The van der Waals surface area contributed by atoms with E-state index in [1.54, 1.807) is 24.5 Å². The molecule has 0 unspecified atom stereocenters. The molecule has 1 aromatic carbocycles. The van der Waals surface area contributed by atoms with Crippen LogP contribution in [0.15, 0.2) is 48.8 Å². The molecular formula is C16H18N2O. The van der Waals surface area contributed by atoms with Crippen LogP contribution >= 0.6 is 0 Å². The first-order chi connectivity index (χ1) is 9.20. The Labute approximate surface area is 113 Å². The summed E-state index contributed by atoms with van der Waals surface area (Å²) in [7, 11) is 0. The number of rotatable bonds is 4. The third-order valence-electron chi connectivity index (χ3n) is 3.18. The minimum Gasteiger partial charge on any atom is -0.346 e. The van der Waals surface area contributed by atoms with E-state index in [4.69, 9.17) is 0 Å². The first kappa shape index (κ1) is 13.3. The van der Waals surface area contributed by atoms with Crippen LogP contribution in [0.1, 0.15) is 41.4 Å². The van der Waals surface area contributed by atoms with Gasteiger partial charge >= 0.3 is 0 Å². The van der Waals surface area contributed by atoms with E-state index in [1.807, 2.05) is 6.92 Å². The lowest BCUT2D eigenvalue weighted by Crippen LogP contribution is -2.26. The molecule has 0 saturated carbocycles. The third-order valence-corrected chi connectivity index (χ3v) is 3.18. The molecule has 3 nitrogen and oxygen atoms in total. The third kappa shape index (κ3) is 3.41. The van der Waals surface area contributed by atoms with Crippen molar-refractivity contribution in [1.29, 1.82) is 0 Å². The topological polar surface area (TPSA) is 42.0 Å². The summed E-state index contributed by atoms with van der Waals surface area (Å²) in [6.45, 7) is 4.11. The Morgan fingerprint density at radius 1 is 1.16 bits per heavy atom. The number of nitrogens with one attached hydrogen (secondary N) is 1. The van der Waals surface area contributed by atoms with Gasteiger partial charge in [-0.05, 0) is 36.6 Å². The molecule has 19 heavy (non-hydrogen) atoms. The number of carbonyl (C=O) groups is 1. The summed E-state index contributed by atoms with van der Waals surface area (Å²) in [5.41, 5.74) is 3.04. The van der Waals surface area contributed by atoms with Crippen molar-refractivity contribution in [2.75, 3.05) is 0 Å². The molecule has 1 amide bonds. The van der Waals surface area contributed by atoms with Crippen molar-refractivity contribution in [3.8, 4) is 0 Å². The van der Waals surface area contributed by atoms with E-state index >= 15 is 0 Å². The predicted octanol–water partition coefficient (Wildman–Crippen LogP) is 3.14. The number of aryl methyl sites for hydroxylation is 1. The highest BCUT2D eigenvalue weighted by atomic mass is 16.1. The molecule has 0 aliphatic rings. The van der Waals surface area contributed by atoms with E-state index in [-0.39, 0.29) is 11.9 Å². The van der Waals surface area contributed by atoms with Crippen molar-refractivity contribution >= 4 is 5.91 Å². The fourth-order valence-electron chi connectivity index (χ4n) is 1.91. The second-order valence-corrected chi connectivity index (χ2v) is 4.53. The van der Waals surface area contributed by atoms with E-state index in [0.717, 1.165) is 12.0 Å². The standard InChI is InChI=1S/C16H18N2O/c1-3-13-4-6-14(7-5-13)12(2)18-16(19)15-8-10-17-11-9-15/h4-12H,3H2,1-2H3,(H,18,19)/t12-/m0/s1. The summed E-state index contributed by atoms with van der Waals surface area (Å²) in [5.74, 6) is -0.0746. The lowest BCUT2D eigenvalue weighted by atomic mass is 10.0. The average Bonchev–Trinajstić information content (AvgIpc) is 2.48. The Morgan fingerprint density at radius 3 is 2.37 bits per heavy atom. The maximum atomic E-state index is 12.0. The second kappa shape index (κ2) is 6.14. The molecule has 0 fully saturated rings. The van der Waals surface area contributed by atoms with Gasteiger partial charge in [-0.1, -0.05) is 31.2 Å². The summed E-state index contributed by atoms with van der Waals surface area (Å²) in [6.07, 6.45) is 4.27. The van der Waals surface area contributed by atoms with Crippen LogP contribution in [0.4, 0.5) is 0 Å². The van der Waals surface area contributed by atoms with Crippen LogP contribution in [0.25, 0.3) is 0 Å². The Bertz CT molecular complexity index is 534. The molecule has 1 aromatic heterocycles. The van der Waals surface area contributed by atoms with Gasteiger partial charge in [-0.15, -0.1) is 0 Å².